The Morgan fingerprint density at radius 1 is 1.12 bits per heavy atom. The van der Waals surface area contributed by atoms with Gasteiger partial charge in [-0.1, -0.05) is 13.8 Å². The maximum Gasteiger partial charge on any atom is 0.122 e. The summed E-state index contributed by atoms with van der Waals surface area (Å²) in [6.45, 7) is 4.47. The molecule has 0 fully saturated rings. The van der Waals surface area contributed by atoms with Crippen molar-refractivity contribution in [1.29, 1.82) is 0 Å². The zero-order chi connectivity index (χ0) is 12.8. The lowest BCUT2D eigenvalue weighted by Gasteiger charge is -2.19. The van der Waals surface area contributed by atoms with Crippen molar-refractivity contribution in [2.75, 3.05) is 20.8 Å². The smallest absolute Gasteiger partial charge is 0.122 e. The summed E-state index contributed by atoms with van der Waals surface area (Å²) in [5.41, 5.74) is 2.33. The Kier molecular flexibility index (Phi) is 5.29. The number of aliphatic hydroxyl groups excluding tert-OH is 1. The van der Waals surface area contributed by atoms with E-state index in [4.69, 9.17) is 14.6 Å². The first-order chi connectivity index (χ1) is 8.15. The molecule has 0 aliphatic rings. The van der Waals surface area contributed by atoms with Crippen molar-refractivity contribution in [3.05, 3.63) is 23.3 Å². The van der Waals surface area contributed by atoms with Gasteiger partial charge in [-0.2, -0.15) is 0 Å². The van der Waals surface area contributed by atoms with Crippen LogP contribution in [0, 0.1) is 0 Å². The summed E-state index contributed by atoms with van der Waals surface area (Å²) in [6, 6.07) is 3.87. The molecule has 0 bridgehead atoms. The highest BCUT2D eigenvalue weighted by Crippen LogP contribution is 2.36. The average Bonchev–Trinajstić information content (AvgIpc) is 2.34. The molecule has 0 spiro atoms. The van der Waals surface area contributed by atoms with Gasteiger partial charge < -0.3 is 14.6 Å². The molecular weight excluding hydrogens is 216 g/mol. The Labute approximate surface area is 103 Å². The molecule has 0 atom stereocenters. The number of benzene rings is 1. The molecule has 0 heterocycles. The fraction of sp³-hybridized carbons (Fsp3) is 0.571. The first kappa shape index (κ1) is 13.8. The maximum atomic E-state index is 8.98. The molecule has 0 radical (unpaired) electrons. The molecule has 0 aliphatic heterocycles. The van der Waals surface area contributed by atoms with Gasteiger partial charge in [0.05, 0.1) is 14.2 Å². The largest absolute Gasteiger partial charge is 0.496 e. The molecular formula is C14H22O3. The highest BCUT2D eigenvalue weighted by molar-refractivity contribution is 5.50. The van der Waals surface area contributed by atoms with Gasteiger partial charge in [0, 0.05) is 17.7 Å². The first-order valence-corrected chi connectivity index (χ1v) is 6.00. The van der Waals surface area contributed by atoms with Crippen molar-refractivity contribution >= 4 is 0 Å². The molecule has 0 aliphatic carbocycles. The minimum Gasteiger partial charge on any atom is -0.496 e. The predicted octanol–water partition coefficient (Wildman–Crippen LogP) is 2.75. The second-order valence-corrected chi connectivity index (χ2v) is 4.34. The number of aliphatic hydroxyl groups is 1. The highest BCUT2D eigenvalue weighted by Gasteiger charge is 2.16. The van der Waals surface area contributed by atoms with Gasteiger partial charge >= 0.3 is 0 Å². The van der Waals surface area contributed by atoms with E-state index in [1.165, 1.54) is 5.56 Å². The van der Waals surface area contributed by atoms with Crippen LogP contribution < -0.4 is 9.47 Å². The first-order valence-electron chi connectivity index (χ1n) is 6.00. The van der Waals surface area contributed by atoms with Crippen LogP contribution in [-0.2, 0) is 6.42 Å². The van der Waals surface area contributed by atoms with E-state index in [2.05, 4.69) is 13.8 Å². The van der Waals surface area contributed by atoms with E-state index in [0.29, 0.717) is 5.92 Å². The lowest BCUT2D eigenvalue weighted by Crippen LogP contribution is -2.04. The van der Waals surface area contributed by atoms with Crippen molar-refractivity contribution in [2.45, 2.75) is 32.6 Å². The van der Waals surface area contributed by atoms with Gasteiger partial charge in [-0.3, -0.25) is 0 Å². The summed E-state index contributed by atoms with van der Waals surface area (Å²) in [5.74, 6) is 2.14. The average molecular weight is 238 g/mol. The van der Waals surface area contributed by atoms with Gasteiger partial charge in [0.1, 0.15) is 11.5 Å². The van der Waals surface area contributed by atoms with Gasteiger partial charge in [-0.15, -0.1) is 0 Å². The fourth-order valence-corrected chi connectivity index (χ4v) is 2.14. The van der Waals surface area contributed by atoms with Crippen molar-refractivity contribution < 1.29 is 14.6 Å². The lowest BCUT2D eigenvalue weighted by molar-refractivity contribution is 0.287. The van der Waals surface area contributed by atoms with Gasteiger partial charge in [0.2, 0.25) is 0 Å². The quantitative estimate of drug-likeness (QED) is 0.828. The van der Waals surface area contributed by atoms with E-state index < -0.39 is 0 Å². The van der Waals surface area contributed by atoms with E-state index in [1.807, 2.05) is 12.1 Å². The number of rotatable bonds is 6. The lowest BCUT2D eigenvalue weighted by atomic mass is 9.92. The summed E-state index contributed by atoms with van der Waals surface area (Å²) < 4.78 is 10.8. The summed E-state index contributed by atoms with van der Waals surface area (Å²) in [5, 5.41) is 8.98. The molecule has 17 heavy (non-hydrogen) atoms. The standard InChI is InChI=1S/C14H22O3/c1-10(2)14-11(6-5-9-15)12(16-3)7-8-13(14)17-4/h7-8,10,15H,5-6,9H2,1-4H3. The number of methoxy groups -OCH3 is 2. The van der Waals surface area contributed by atoms with Crippen LogP contribution in [0.2, 0.25) is 0 Å². The predicted molar refractivity (Wildman–Crippen MR) is 69.0 cm³/mol. The van der Waals surface area contributed by atoms with Crippen LogP contribution in [0.4, 0.5) is 0 Å². The zero-order valence-electron chi connectivity index (χ0n) is 11.1. The SMILES string of the molecule is COc1ccc(OC)c(C(C)C)c1CCCO. The maximum absolute atomic E-state index is 8.98. The van der Waals surface area contributed by atoms with Crippen molar-refractivity contribution in [1.82, 2.24) is 0 Å². The van der Waals surface area contributed by atoms with Gasteiger partial charge in [0.15, 0.2) is 0 Å². The third-order valence-electron chi connectivity index (χ3n) is 2.88. The third kappa shape index (κ3) is 3.13. The van der Waals surface area contributed by atoms with Gasteiger partial charge in [0.25, 0.3) is 0 Å². The second-order valence-electron chi connectivity index (χ2n) is 4.34. The summed E-state index contributed by atoms with van der Waals surface area (Å²) >= 11 is 0. The summed E-state index contributed by atoms with van der Waals surface area (Å²) in [4.78, 5) is 0. The fourth-order valence-electron chi connectivity index (χ4n) is 2.14. The van der Waals surface area contributed by atoms with Gasteiger partial charge in [-0.25, -0.2) is 0 Å². The number of ether oxygens (including phenoxy) is 2. The summed E-state index contributed by atoms with van der Waals surface area (Å²) in [6.07, 6.45) is 1.55. The zero-order valence-corrected chi connectivity index (χ0v) is 11.1. The number of hydrogen-bond acceptors (Lipinski definition) is 3. The molecule has 96 valence electrons. The Morgan fingerprint density at radius 3 is 2.18 bits per heavy atom. The Hall–Kier alpha value is -1.22. The molecule has 0 aromatic heterocycles. The number of hydrogen-bond donors (Lipinski definition) is 1. The monoisotopic (exact) mass is 238 g/mol. The molecule has 0 saturated heterocycles. The van der Waals surface area contributed by atoms with Crippen LogP contribution in [0.5, 0.6) is 11.5 Å². The highest BCUT2D eigenvalue weighted by atomic mass is 16.5. The molecule has 1 rings (SSSR count). The van der Waals surface area contributed by atoms with Crippen LogP contribution in [0.1, 0.15) is 37.3 Å². The normalized spacial score (nSPS) is 10.7. The van der Waals surface area contributed by atoms with Crippen LogP contribution in [-0.4, -0.2) is 25.9 Å². The van der Waals surface area contributed by atoms with E-state index in [1.54, 1.807) is 14.2 Å². The Morgan fingerprint density at radius 2 is 1.71 bits per heavy atom. The Bertz CT molecular complexity index is 359. The molecule has 0 unspecified atom stereocenters. The van der Waals surface area contributed by atoms with E-state index in [-0.39, 0.29) is 6.61 Å². The van der Waals surface area contributed by atoms with Crippen molar-refractivity contribution in [3.63, 3.8) is 0 Å². The molecule has 3 heteroatoms. The van der Waals surface area contributed by atoms with Crippen molar-refractivity contribution in [3.8, 4) is 11.5 Å². The minimum atomic E-state index is 0.192. The van der Waals surface area contributed by atoms with Gasteiger partial charge in [-0.05, 0) is 30.9 Å². The molecule has 3 nitrogen and oxygen atoms in total. The topological polar surface area (TPSA) is 38.7 Å². The molecule has 1 aromatic carbocycles. The van der Waals surface area contributed by atoms with Crippen molar-refractivity contribution in [2.24, 2.45) is 0 Å². The molecule has 1 N–H and O–H groups in total. The van der Waals surface area contributed by atoms with Crippen LogP contribution in [0.15, 0.2) is 12.1 Å². The Balaban J connectivity index is 3.25. The molecule has 0 saturated carbocycles. The van der Waals surface area contributed by atoms with E-state index in [9.17, 15) is 0 Å². The van der Waals surface area contributed by atoms with E-state index in [0.717, 1.165) is 29.9 Å². The minimum absolute atomic E-state index is 0.192. The second kappa shape index (κ2) is 6.50. The third-order valence-corrected chi connectivity index (χ3v) is 2.88. The molecule has 0 amide bonds. The van der Waals surface area contributed by atoms with Crippen LogP contribution >= 0.6 is 0 Å². The molecule has 1 aromatic rings. The van der Waals surface area contributed by atoms with Crippen LogP contribution in [0.3, 0.4) is 0 Å². The van der Waals surface area contributed by atoms with E-state index >= 15 is 0 Å². The summed E-state index contributed by atoms with van der Waals surface area (Å²) in [7, 11) is 3.36. The van der Waals surface area contributed by atoms with Crippen LogP contribution in [0.25, 0.3) is 0 Å².